The summed E-state index contributed by atoms with van der Waals surface area (Å²) in [5, 5.41) is 16.1. The van der Waals surface area contributed by atoms with Gasteiger partial charge >= 0.3 is 0 Å². The van der Waals surface area contributed by atoms with Gasteiger partial charge < -0.3 is 9.73 Å². The van der Waals surface area contributed by atoms with E-state index in [1.807, 2.05) is 6.92 Å². The molecule has 0 spiro atoms. The number of hydrogen-bond acceptors (Lipinski definition) is 5. The molecule has 124 valence electrons. The summed E-state index contributed by atoms with van der Waals surface area (Å²) in [6, 6.07) is 7.86. The van der Waals surface area contributed by atoms with Gasteiger partial charge in [0.05, 0.1) is 4.92 Å². The third kappa shape index (κ3) is 4.75. The van der Waals surface area contributed by atoms with Crippen LogP contribution in [0.25, 0.3) is 6.08 Å². The van der Waals surface area contributed by atoms with Gasteiger partial charge in [-0.05, 0) is 55.9 Å². The molecule has 1 heterocycles. The van der Waals surface area contributed by atoms with Crippen molar-refractivity contribution < 1.29 is 14.1 Å². The van der Waals surface area contributed by atoms with Crippen LogP contribution in [0.5, 0.6) is 0 Å². The summed E-state index contributed by atoms with van der Waals surface area (Å²) < 4.78 is 5.31. The third-order valence-corrected chi connectivity index (χ3v) is 3.27. The lowest BCUT2D eigenvalue weighted by molar-refractivity contribution is -0.384. The van der Waals surface area contributed by atoms with Crippen molar-refractivity contribution in [3.63, 3.8) is 0 Å². The Hall–Kier alpha value is -3.00. The number of aryl methyl sites for hydroxylation is 2. The average molecular weight is 345 g/mol. The lowest BCUT2D eigenvalue weighted by Crippen LogP contribution is -2.33. The number of nitro benzene ring substituents is 1. The highest BCUT2D eigenvalue weighted by molar-refractivity contribution is 7.80. The Morgan fingerprint density at radius 3 is 2.62 bits per heavy atom. The summed E-state index contributed by atoms with van der Waals surface area (Å²) in [4.78, 5) is 22.0. The number of carbonyl (C=O) groups excluding carboxylic acids is 1. The van der Waals surface area contributed by atoms with Crippen LogP contribution in [0.3, 0.4) is 0 Å². The first-order valence-corrected chi connectivity index (χ1v) is 7.37. The zero-order valence-corrected chi connectivity index (χ0v) is 13.8. The van der Waals surface area contributed by atoms with Crippen molar-refractivity contribution in [3.8, 4) is 0 Å². The Labute approximate surface area is 143 Å². The number of nitrogens with one attached hydrogen (secondary N) is 2. The van der Waals surface area contributed by atoms with Gasteiger partial charge in [0.2, 0.25) is 5.91 Å². The first kappa shape index (κ1) is 17.4. The second-order valence-electron chi connectivity index (χ2n) is 4.98. The van der Waals surface area contributed by atoms with Crippen molar-refractivity contribution in [2.24, 2.45) is 0 Å². The van der Waals surface area contributed by atoms with E-state index in [0.717, 1.165) is 5.76 Å². The molecule has 1 aromatic carbocycles. The van der Waals surface area contributed by atoms with Gasteiger partial charge in [-0.15, -0.1) is 0 Å². The summed E-state index contributed by atoms with van der Waals surface area (Å²) in [7, 11) is 0. The van der Waals surface area contributed by atoms with Crippen LogP contribution in [0.2, 0.25) is 0 Å². The molecule has 0 atom stereocenters. The molecule has 0 saturated carbocycles. The van der Waals surface area contributed by atoms with E-state index < -0.39 is 10.8 Å². The molecule has 0 radical (unpaired) electrons. The van der Waals surface area contributed by atoms with Gasteiger partial charge in [0.1, 0.15) is 11.5 Å². The Morgan fingerprint density at radius 1 is 1.29 bits per heavy atom. The zero-order valence-electron chi connectivity index (χ0n) is 13.0. The molecule has 2 aromatic rings. The fourth-order valence-electron chi connectivity index (χ4n) is 1.91. The van der Waals surface area contributed by atoms with Crippen molar-refractivity contribution in [3.05, 3.63) is 63.6 Å². The van der Waals surface area contributed by atoms with Crippen LogP contribution in [-0.2, 0) is 4.79 Å². The smallest absolute Gasteiger partial charge is 0.269 e. The van der Waals surface area contributed by atoms with E-state index in [9.17, 15) is 14.9 Å². The van der Waals surface area contributed by atoms with Crippen LogP contribution < -0.4 is 10.6 Å². The Bertz CT molecular complexity index is 826. The first-order chi connectivity index (χ1) is 11.3. The first-order valence-electron chi connectivity index (χ1n) is 6.96. The molecule has 0 aliphatic heterocycles. The number of furan rings is 1. The van der Waals surface area contributed by atoms with Crippen molar-refractivity contribution in [1.29, 1.82) is 0 Å². The van der Waals surface area contributed by atoms with Gasteiger partial charge in [-0.2, -0.15) is 0 Å². The standard InChI is InChI=1S/C16H15N3O4S/c1-10-9-12(19(21)22)4-7-14(10)17-16(24)18-15(20)8-6-13-5-3-11(2)23-13/h3-9H,1-2H3,(H2,17,18,20,24). The molecule has 1 amide bonds. The number of benzene rings is 1. The minimum atomic E-state index is -0.474. The van der Waals surface area contributed by atoms with Crippen LogP contribution in [0, 0.1) is 24.0 Å². The number of hydrogen-bond donors (Lipinski definition) is 2. The maximum Gasteiger partial charge on any atom is 0.269 e. The van der Waals surface area contributed by atoms with Crippen LogP contribution in [0.4, 0.5) is 11.4 Å². The van der Waals surface area contributed by atoms with E-state index in [0.29, 0.717) is 17.0 Å². The minimum absolute atomic E-state index is 0.00956. The van der Waals surface area contributed by atoms with Crippen molar-refractivity contribution in [2.75, 3.05) is 5.32 Å². The zero-order chi connectivity index (χ0) is 17.7. The summed E-state index contributed by atoms with van der Waals surface area (Å²) in [5.74, 6) is 0.898. The Kier molecular flexibility index (Phi) is 5.43. The van der Waals surface area contributed by atoms with Crippen molar-refractivity contribution in [1.82, 2.24) is 5.32 Å². The van der Waals surface area contributed by atoms with Crippen molar-refractivity contribution in [2.45, 2.75) is 13.8 Å². The van der Waals surface area contributed by atoms with E-state index in [1.54, 1.807) is 19.1 Å². The number of nitrogens with zero attached hydrogens (tertiary/aromatic N) is 1. The molecule has 7 nitrogen and oxygen atoms in total. The summed E-state index contributed by atoms with van der Waals surface area (Å²) >= 11 is 5.06. The van der Waals surface area contributed by atoms with Gasteiger partial charge in [-0.25, -0.2) is 0 Å². The van der Waals surface area contributed by atoms with Gasteiger partial charge in [0, 0.05) is 23.9 Å². The van der Waals surface area contributed by atoms with Crippen LogP contribution in [-0.4, -0.2) is 15.9 Å². The average Bonchev–Trinajstić information content (AvgIpc) is 2.92. The largest absolute Gasteiger partial charge is 0.462 e. The van der Waals surface area contributed by atoms with E-state index in [-0.39, 0.29) is 10.8 Å². The normalized spacial score (nSPS) is 10.6. The predicted octanol–water partition coefficient (Wildman–Crippen LogP) is 3.33. The molecule has 0 saturated heterocycles. The molecule has 24 heavy (non-hydrogen) atoms. The molecule has 2 N–H and O–H groups in total. The van der Waals surface area contributed by atoms with Gasteiger partial charge in [0.25, 0.3) is 5.69 Å². The Morgan fingerprint density at radius 2 is 2.04 bits per heavy atom. The third-order valence-electron chi connectivity index (χ3n) is 3.07. The molecule has 1 aromatic heterocycles. The van der Waals surface area contributed by atoms with Crippen LogP contribution in [0.1, 0.15) is 17.1 Å². The quantitative estimate of drug-likeness (QED) is 0.382. The lowest BCUT2D eigenvalue weighted by atomic mass is 10.2. The molecule has 0 fully saturated rings. The second kappa shape index (κ2) is 7.51. The molecule has 0 aliphatic carbocycles. The summed E-state index contributed by atoms with van der Waals surface area (Å²) in [6.45, 7) is 3.52. The highest BCUT2D eigenvalue weighted by atomic mass is 32.1. The molecule has 0 bridgehead atoms. The maximum absolute atomic E-state index is 11.8. The molecular formula is C16H15N3O4S. The van der Waals surface area contributed by atoms with Crippen LogP contribution >= 0.6 is 12.2 Å². The summed E-state index contributed by atoms with van der Waals surface area (Å²) in [5.41, 5.74) is 1.21. The highest BCUT2D eigenvalue weighted by Gasteiger charge is 2.09. The molecule has 2 rings (SSSR count). The van der Waals surface area contributed by atoms with Crippen LogP contribution in [0.15, 0.2) is 40.8 Å². The van der Waals surface area contributed by atoms with Gasteiger partial charge in [0.15, 0.2) is 5.11 Å². The van der Waals surface area contributed by atoms with Gasteiger partial charge in [-0.1, -0.05) is 0 Å². The minimum Gasteiger partial charge on any atom is -0.462 e. The monoisotopic (exact) mass is 345 g/mol. The number of non-ortho nitro benzene ring substituents is 1. The SMILES string of the molecule is Cc1ccc(C=CC(=O)NC(=S)Nc2ccc([N+](=O)[O-])cc2C)o1. The number of thiocarbonyl (C=S) groups is 1. The summed E-state index contributed by atoms with van der Waals surface area (Å²) in [6.07, 6.45) is 2.83. The number of amides is 1. The van der Waals surface area contributed by atoms with E-state index in [1.165, 1.54) is 30.4 Å². The topological polar surface area (TPSA) is 97.4 Å². The van der Waals surface area contributed by atoms with E-state index >= 15 is 0 Å². The fraction of sp³-hybridized carbons (Fsp3) is 0.125. The maximum atomic E-state index is 11.8. The number of anilines is 1. The molecule has 0 aliphatic rings. The molecule has 0 unspecified atom stereocenters. The van der Waals surface area contributed by atoms with Gasteiger partial charge in [-0.3, -0.25) is 20.2 Å². The fourth-order valence-corrected chi connectivity index (χ4v) is 2.12. The van der Waals surface area contributed by atoms with E-state index in [2.05, 4.69) is 10.6 Å². The van der Waals surface area contributed by atoms with Crippen molar-refractivity contribution >= 4 is 40.7 Å². The Balaban J connectivity index is 1.94. The lowest BCUT2D eigenvalue weighted by Gasteiger charge is -2.10. The van der Waals surface area contributed by atoms with E-state index in [4.69, 9.17) is 16.6 Å². The number of rotatable bonds is 4. The molecular weight excluding hydrogens is 330 g/mol. The second-order valence-corrected chi connectivity index (χ2v) is 5.39. The molecule has 8 heteroatoms. The number of nitro groups is 1. The number of carbonyl (C=O) groups is 1. The highest BCUT2D eigenvalue weighted by Crippen LogP contribution is 2.21. The predicted molar refractivity (Wildman–Crippen MR) is 94.7 cm³/mol.